The average molecular weight is 283 g/mol. The first kappa shape index (κ1) is 11.7. The molecule has 2 aromatic heterocycles. The molecule has 3 heterocycles. The lowest BCUT2D eigenvalue weighted by Gasteiger charge is -2.11. The predicted octanol–water partition coefficient (Wildman–Crippen LogP) is 3.24. The Bertz CT molecular complexity index is 834. The molecule has 0 N–H and O–H groups in total. The number of nitrogens with zero attached hydrogens (tertiary/aromatic N) is 1. The van der Waals surface area contributed by atoms with Crippen LogP contribution < -0.4 is 10.3 Å². The molecule has 20 heavy (non-hydrogen) atoms. The number of fused-ring (bicyclic) bond motifs is 2. The molecule has 1 unspecified atom stereocenters. The van der Waals surface area contributed by atoms with Crippen LogP contribution in [0, 0.1) is 0 Å². The zero-order valence-electron chi connectivity index (χ0n) is 10.8. The molecule has 0 bridgehead atoms. The van der Waals surface area contributed by atoms with E-state index in [0.29, 0.717) is 13.2 Å². The van der Waals surface area contributed by atoms with Crippen LogP contribution in [0.25, 0.3) is 10.1 Å². The highest BCUT2D eigenvalue weighted by Gasteiger charge is 2.24. The van der Waals surface area contributed by atoms with Crippen molar-refractivity contribution in [3.05, 3.63) is 63.9 Å². The van der Waals surface area contributed by atoms with Crippen LogP contribution in [-0.4, -0.2) is 11.2 Å². The molecule has 100 valence electrons. The van der Waals surface area contributed by atoms with E-state index < -0.39 is 0 Å². The average Bonchev–Trinajstić information content (AvgIpc) is 3.10. The third kappa shape index (κ3) is 1.76. The maximum absolute atomic E-state index is 12.4. The zero-order valence-corrected chi connectivity index (χ0v) is 11.6. The molecule has 0 saturated heterocycles. The molecule has 4 heteroatoms. The Morgan fingerprint density at radius 1 is 1.25 bits per heavy atom. The standard InChI is InChI=1S/C16H13NO2S/c18-16-13-6-8-20-15(13)5-7-17(16)9-11-10-19-14-4-2-1-3-12(11)14/h1-8,11H,9-10H2. The number of rotatable bonds is 2. The quantitative estimate of drug-likeness (QED) is 0.723. The minimum absolute atomic E-state index is 0.0909. The molecule has 3 aromatic rings. The molecule has 0 fully saturated rings. The number of hydrogen-bond acceptors (Lipinski definition) is 3. The normalized spacial score (nSPS) is 17.1. The van der Waals surface area contributed by atoms with Crippen LogP contribution in [0.2, 0.25) is 0 Å². The van der Waals surface area contributed by atoms with E-state index in [1.54, 1.807) is 15.9 Å². The SMILES string of the molecule is O=c1c2ccsc2ccn1CC1COc2ccccc21. The number of ether oxygens (including phenoxy) is 1. The van der Waals surface area contributed by atoms with E-state index in [1.165, 1.54) is 5.56 Å². The number of pyridine rings is 1. The second-order valence-electron chi connectivity index (χ2n) is 5.02. The van der Waals surface area contributed by atoms with Gasteiger partial charge in [-0.3, -0.25) is 4.79 Å². The number of benzene rings is 1. The van der Waals surface area contributed by atoms with Gasteiger partial charge in [-0.15, -0.1) is 11.3 Å². The molecule has 0 aliphatic carbocycles. The lowest BCUT2D eigenvalue weighted by Crippen LogP contribution is -2.23. The number of hydrogen-bond donors (Lipinski definition) is 0. The van der Waals surface area contributed by atoms with Gasteiger partial charge in [0.15, 0.2) is 0 Å². The van der Waals surface area contributed by atoms with Gasteiger partial charge in [0, 0.05) is 28.9 Å². The fourth-order valence-electron chi connectivity index (χ4n) is 2.77. The van der Waals surface area contributed by atoms with Crippen molar-refractivity contribution < 1.29 is 4.74 Å². The summed E-state index contributed by atoms with van der Waals surface area (Å²) in [5.74, 6) is 1.20. The third-order valence-electron chi connectivity index (χ3n) is 3.81. The maximum Gasteiger partial charge on any atom is 0.259 e. The first-order chi connectivity index (χ1) is 9.83. The van der Waals surface area contributed by atoms with Gasteiger partial charge >= 0.3 is 0 Å². The number of thiophene rings is 1. The highest BCUT2D eigenvalue weighted by Crippen LogP contribution is 2.34. The highest BCUT2D eigenvalue weighted by molar-refractivity contribution is 7.17. The molecule has 0 saturated carbocycles. The van der Waals surface area contributed by atoms with E-state index >= 15 is 0 Å². The van der Waals surface area contributed by atoms with E-state index in [-0.39, 0.29) is 11.5 Å². The predicted molar refractivity (Wildman–Crippen MR) is 80.8 cm³/mol. The van der Waals surface area contributed by atoms with Crippen molar-refractivity contribution in [3.63, 3.8) is 0 Å². The van der Waals surface area contributed by atoms with Gasteiger partial charge < -0.3 is 9.30 Å². The lowest BCUT2D eigenvalue weighted by atomic mass is 10.0. The molecule has 1 aliphatic heterocycles. The summed E-state index contributed by atoms with van der Waals surface area (Å²) in [4.78, 5) is 12.4. The largest absolute Gasteiger partial charge is 0.493 e. The molecular formula is C16H13NO2S. The Kier molecular flexibility index (Phi) is 2.63. The second kappa shape index (κ2) is 4.49. The van der Waals surface area contributed by atoms with Gasteiger partial charge in [0.05, 0.1) is 12.0 Å². The Labute approximate surface area is 120 Å². The summed E-state index contributed by atoms with van der Waals surface area (Å²) >= 11 is 1.60. The van der Waals surface area contributed by atoms with E-state index in [4.69, 9.17) is 4.74 Å². The van der Waals surface area contributed by atoms with Gasteiger partial charge in [0.25, 0.3) is 5.56 Å². The molecule has 1 aliphatic rings. The Hall–Kier alpha value is -2.07. The van der Waals surface area contributed by atoms with Crippen molar-refractivity contribution in [2.24, 2.45) is 0 Å². The van der Waals surface area contributed by atoms with Crippen molar-refractivity contribution in [1.82, 2.24) is 4.57 Å². The lowest BCUT2D eigenvalue weighted by molar-refractivity contribution is 0.318. The van der Waals surface area contributed by atoms with Crippen molar-refractivity contribution in [2.45, 2.75) is 12.5 Å². The molecule has 0 amide bonds. The minimum atomic E-state index is 0.0909. The first-order valence-electron chi connectivity index (χ1n) is 6.61. The van der Waals surface area contributed by atoms with Crippen LogP contribution in [0.3, 0.4) is 0 Å². The van der Waals surface area contributed by atoms with Crippen LogP contribution in [0.1, 0.15) is 11.5 Å². The van der Waals surface area contributed by atoms with Gasteiger partial charge in [0.2, 0.25) is 0 Å². The Balaban J connectivity index is 1.72. The smallest absolute Gasteiger partial charge is 0.259 e. The van der Waals surface area contributed by atoms with Gasteiger partial charge in [-0.25, -0.2) is 0 Å². The Morgan fingerprint density at radius 2 is 2.15 bits per heavy atom. The van der Waals surface area contributed by atoms with E-state index in [2.05, 4.69) is 6.07 Å². The van der Waals surface area contributed by atoms with E-state index in [1.807, 2.05) is 41.9 Å². The molecule has 1 atom stereocenters. The number of para-hydroxylation sites is 1. The summed E-state index contributed by atoms with van der Waals surface area (Å²) in [5, 5.41) is 2.77. The first-order valence-corrected chi connectivity index (χ1v) is 7.49. The van der Waals surface area contributed by atoms with Crippen molar-refractivity contribution in [1.29, 1.82) is 0 Å². The Morgan fingerprint density at radius 3 is 3.10 bits per heavy atom. The maximum atomic E-state index is 12.4. The fourth-order valence-corrected chi connectivity index (χ4v) is 3.54. The van der Waals surface area contributed by atoms with Crippen molar-refractivity contribution in [2.75, 3.05) is 6.61 Å². The summed E-state index contributed by atoms with van der Waals surface area (Å²) in [6, 6.07) is 12.0. The summed E-state index contributed by atoms with van der Waals surface area (Å²) < 4.78 is 8.53. The summed E-state index contributed by atoms with van der Waals surface area (Å²) in [7, 11) is 0. The summed E-state index contributed by atoms with van der Waals surface area (Å²) in [6.07, 6.45) is 1.89. The van der Waals surface area contributed by atoms with Gasteiger partial charge in [-0.2, -0.15) is 0 Å². The highest BCUT2D eigenvalue weighted by atomic mass is 32.1. The van der Waals surface area contributed by atoms with Gasteiger partial charge in [-0.1, -0.05) is 18.2 Å². The summed E-state index contributed by atoms with van der Waals surface area (Å²) in [5.41, 5.74) is 1.29. The molecule has 0 radical (unpaired) electrons. The molecule has 0 spiro atoms. The zero-order chi connectivity index (χ0) is 13.5. The summed E-state index contributed by atoms with van der Waals surface area (Å²) in [6.45, 7) is 1.31. The molecular weight excluding hydrogens is 270 g/mol. The minimum Gasteiger partial charge on any atom is -0.493 e. The second-order valence-corrected chi connectivity index (χ2v) is 5.97. The van der Waals surface area contributed by atoms with Gasteiger partial charge in [-0.05, 0) is 23.6 Å². The van der Waals surface area contributed by atoms with Crippen LogP contribution in [0.15, 0.2) is 52.8 Å². The monoisotopic (exact) mass is 283 g/mol. The van der Waals surface area contributed by atoms with Crippen molar-refractivity contribution >= 4 is 21.4 Å². The van der Waals surface area contributed by atoms with Crippen LogP contribution in [-0.2, 0) is 6.54 Å². The third-order valence-corrected chi connectivity index (χ3v) is 4.69. The fraction of sp³-hybridized carbons (Fsp3) is 0.188. The topological polar surface area (TPSA) is 31.2 Å². The van der Waals surface area contributed by atoms with Crippen LogP contribution in [0.4, 0.5) is 0 Å². The van der Waals surface area contributed by atoms with Crippen molar-refractivity contribution in [3.8, 4) is 5.75 Å². The van der Waals surface area contributed by atoms with Crippen LogP contribution >= 0.6 is 11.3 Å². The number of aromatic nitrogens is 1. The van der Waals surface area contributed by atoms with E-state index in [9.17, 15) is 4.79 Å². The molecule has 4 rings (SSSR count). The molecule has 3 nitrogen and oxygen atoms in total. The molecule has 1 aromatic carbocycles. The van der Waals surface area contributed by atoms with Crippen LogP contribution in [0.5, 0.6) is 5.75 Å². The van der Waals surface area contributed by atoms with E-state index in [0.717, 1.165) is 15.8 Å². The van der Waals surface area contributed by atoms with Gasteiger partial charge in [0.1, 0.15) is 5.75 Å².